The molecule has 0 bridgehead atoms. The summed E-state index contributed by atoms with van der Waals surface area (Å²) in [4.78, 5) is 0. The van der Waals surface area contributed by atoms with Gasteiger partial charge in [0.15, 0.2) is 6.29 Å². The van der Waals surface area contributed by atoms with E-state index in [-0.39, 0.29) is 28.8 Å². The van der Waals surface area contributed by atoms with Crippen molar-refractivity contribution in [3.63, 3.8) is 0 Å². The first kappa shape index (κ1) is 14.4. The van der Waals surface area contributed by atoms with Gasteiger partial charge in [0.05, 0.1) is 13.2 Å². The van der Waals surface area contributed by atoms with E-state index in [1.807, 2.05) is 6.92 Å². The Morgan fingerprint density at radius 1 is 1.25 bits per heavy atom. The summed E-state index contributed by atoms with van der Waals surface area (Å²) >= 11 is 0. The lowest BCUT2D eigenvalue weighted by Gasteiger charge is -2.57. The Hall–Kier alpha value is -0.580. The zero-order valence-corrected chi connectivity index (χ0v) is 13.0. The minimum Gasteiger partial charge on any atom is -0.498 e. The molecule has 0 amide bonds. The highest BCUT2D eigenvalue weighted by molar-refractivity contribution is 5.30. The van der Waals surface area contributed by atoms with E-state index in [0.29, 0.717) is 5.76 Å². The quantitative estimate of drug-likeness (QED) is 0.773. The monoisotopic (exact) mass is 282 g/mol. The highest BCUT2D eigenvalue weighted by Crippen LogP contribution is 2.65. The van der Waals surface area contributed by atoms with Crippen LogP contribution in [0.2, 0.25) is 0 Å². The lowest BCUT2D eigenvalue weighted by molar-refractivity contribution is -0.142. The van der Waals surface area contributed by atoms with Crippen LogP contribution < -0.4 is 0 Å². The Balaban J connectivity index is 2.20. The van der Waals surface area contributed by atoms with Crippen molar-refractivity contribution < 1.29 is 19.7 Å². The van der Waals surface area contributed by atoms with Crippen LogP contribution in [0, 0.1) is 22.7 Å². The van der Waals surface area contributed by atoms with Crippen molar-refractivity contribution in [1.82, 2.24) is 0 Å². The van der Waals surface area contributed by atoms with Crippen LogP contribution in [0.4, 0.5) is 0 Å². The first-order chi connectivity index (χ1) is 9.25. The summed E-state index contributed by atoms with van der Waals surface area (Å²) < 4.78 is 11.3. The number of rotatable bonds is 1. The van der Waals surface area contributed by atoms with Gasteiger partial charge in [0, 0.05) is 17.3 Å². The molecule has 0 aromatic carbocycles. The molecule has 2 N–H and O–H groups in total. The van der Waals surface area contributed by atoms with Crippen LogP contribution in [0.5, 0.6) is 0 Å². The van der Waals surface area contributed by atoms with Crippen LogP contribution in [-0.2, 0) is 9.47 Å². The summed E-state index contributed by atoms with van der Waals surface area (Å²) in [6, 6.07) is 0. The predicted octanol–water partition coefficient (Wildman–Crippen LogP) is 2.06. The molecule has 2 aliphatic carbocycles. The summed E-state index contributed by atoms with van der Waals surface area (Å²) in [6.45, 7) is 8.53. The second kappa shape index (κ2) is 4.21. The van der Waals surface area contributed by atoms with Gasteiger partial charge >= 0.3 is 0 Å². The molecule has 0 radical (unpaired) electrons. The van der Waals surface area contributed by atoms with Gasteiger partial charge in [0.25, 0.3) is 0 Å². The van der Waals surface area contributed by atoms with E-state index in [4.69, 9.17) is 9.47 Å². The molecule has 20 heavy (non-hydrogen) atoms. The maximum absolute atomic E-state index is 10.9. The largest absolute Gasteiger partial charge is 0.498 e. The maximum atomic E-state index is 10.9. The normalized spacial score (nSPS) is 50.0. The lowest BCUT2D eigenvalue weighted by atomic mass is 9.47. The summed E-state index contributed by atoms with van der Waals surface area (Å²) in [5.74, 6) is 0.570. The van der Waals surface area contributed by atoms with Crippen molar-refractivity contribution >= 4 is 0 Å². The Bertz CT molecular complexity index is 455. The zero-order valence-electron chi connectivity index (χ0n) is 13.0. The van der Waals surface area contributed by atoms with Crippen molar-refractivity contribution in [1.29, 1.82) is 0 Å². The molecule has 1 saturated carbocycles. The van der Waals surface area contributed by atoms with Gasteiger partial charge in [-0.15, -0.1) is 0 Å². The standard InChI is InChI=1S/C16H26O4/c1-8-10-14(18)20-9-6-7-15(2,3)13(16(9,10)4)11(17)12(8)19-5/h9-11,13-14,17-18H,6-7H2,1-5H3/t9-,10-,11+,13-,14-,16+/m0/s1. The summed E-state index contributed by atoms with van der Waals surface area (Å²) in [5, 5.41) is 21.2. The second-order valence-electron chi connectivity index (χ2n) is 7.56. The number of hydrogen-bond acceptors (Lipinski definition) is 4. The molecule has 0 aromatic heterocycles. The van der Waals surface area contributed by atoms with Crippen LogP contribution in [0.3, 0.4) is 0 Å². The van der Waals surface area contributed by atoms with E-state index in [9.17, 15) is 10.2 Å². The smallest absolute Gasteiger partial charge is 0.162 e. The molecular formula is C16H26O4. The fraction of sp³-hybridized carbons (Fsp3) is 0.875. The first-order valence-corrected chi connectivity index (χ1v) is 7.51. The first-order valence-electron chi connectivity index (χ1n) is 7.51. The molecule has 3 aliphatic rings. The van der Waals surface area contributed by atoms with E-state index in [1.54, 1.807) is 7.11 Å². The van der Waals surface area contributed by atoms with Gasteiger partial charge in [0.2, 0.25) is 0 Å². The predicted molar refractivity (Wildman–Crippen MR) is 74.7 cm³/mol. The number of ether oxygens (including phenoxy) is 2. The average Bonchev–Trinajstić information content (AvgIpc) is 2.58. The third kappa shape index (κ3) is 1.53. The third-order valence-corrected chi connectivity index (χ3v) is 6.18. The SMILES string of the molecule is COC1=C(C)[C@H]2[C@@H](O)O[C@H]3CCC(C)(C)[C@H]([C@@H]1O)[C@]32C. The number of hydrogen-bond donors (Lipinski definition) is 2. The van der Waals surface area contributed by atoms with Crippen LogP contribution in [-0.4, -0.2) is 35.8 Å². The Labute approximate surface area is 120 Å². The van der Waals surface area contributed by atoms with Crippen LogP contribution in [0.1, 0.15) is 40.5 Å². The van der Waals surface area contributed by atoms with Crippen molar-refractivity contribution in [3.05, 3.63) is 11.3 Å². The van der Waals surface area contributed by atoms with Crippen molar-refractivity contribution in [2.24, 2.45) is 22.7 Å². The minimum absolute atomic E-state index is 0.000810. The lowest BCUT2D eigenvalue weighted by Crippen LogP contribution is -2.59. The molecular weight excluding hydrogens is 256 g/mol. The van der Waals surface area contributed by atoms with Crippen LogP contribution in [0.25, 0.3) is 0 Å². The molecule has 0 unspecified atom stereocenters. The molecule has 2 fully saturated rings. The van der Waals surface area contributed by atoms with E-state index < -0.39 is 12.4 Å². The Morgan fingerprint density at radius 2 is 1.90 bits per heavy atom. The molecule has 1 aliphatic heterocycles. The van der Waals surface area contributed by atoms with Gasteiger partial charge < -0.3 is 19.7 Å². The molecule has 3 rings (SSSR count). The van der Waals surface area contributed by atoms with Gasteiger partial charge in [-0.25, -0.2) is 0 Å². The van der Waals surface area contributed by atoms with E-state index in [1.165, 1.54) is 0 Å². The van der Waals surface area contributed by atoms with Crippen molar-refractivity contribution in [2.75, 3.05) is 7.11 Å². The fourth-order valence-corrected chi connectivity index (χ4v) is 5.44. The Kier molecular flexibility index (Phi) is 3.03. The summed E-state index contributed by atoms with van der Waals surface area (Å²) in [5.41, 5.74) is 0.708. The molecule has 4 nitrogen and oxygen atoms in total. The van der Waals surface area contributed by atoms with Crippen molar-refractivity contribution in [3.8, 4) is 0 Å². The van der Waals surface area contributed by atoms with Crippen molar-refractivity contribution in [2.45, 2.75) is 59.0 Å². The number of aliphatic hydroxyl groups excluding tert-OH is 2. The fourth-order valence-electron chi connectivity index (χ4n) is 5.44. The maximum Gasteiger partial charge on any atom is 0.162 e. The van der Waals surface area contributed by atoms with Crippen LogP contribution in [0.15, 0.2) is 11.3 Å². The summed E-state index contributed by atoms with van der Waals surface area (Å²) in [6.07, 6.45) is 0.538. The molecule has 4 heteroatoms. The van der Waals surface area contributed by atoms with Gasteiger partial charge in [-0.1, -0.05) is 20.8 Å². The van der Waals surface area contributed by atoms with E-state index >= 15 is 0 Å². The Morgan fingerprint density at radius 3 is 2.50 bits per heavy atom. The molecule has 1 heterocycles. The van der Waals surface area contributed by atoms with E-state index in [2.05, 4.69) is 20.8 Å². The second-order valence-corrected chi connectivity index (χ2v) is 7.56. The number of aliphatic hydroxyl groups is 2. The van der Waals surface area contributed by atoms with Gasteiger partial charge in [-0.2, -0.15) is 0 Å². The molecule has 0 aromatic rings. The molecule has 1 saturated heterocycles. The van der Waals surface area contributed by atoms with Gasteiger partial charge in [-0.3, -0.25) is 0 Å². The van der Waals surface area contributed by atoms with E-state index in [0.717, 1.165) is 18.4 Å². The number of methoxy groups -OCH3 is 1. The third-order valence-electron chi connectivity index (χ3n) is 6.18. The zero-order chi connectivity index (χ0) is 14.9. The van der Waals surface area contributed by atoms with Crippen LogP contribution >= 0.6 is 0 Å². The topological polar surface area (TPSA) is 58.9 Å². The van der Waals surface area contributed by atoms with Gasteiger partial charge in [-0.05, 0) is 30.8 Å². The molecule has 114 valence electrons. The minimum atomic E-state index is -0.793. The highest BCUT2D eigenvalue weighted by Gasteiger charge is 2.67. The van der Waals surface area contributed by atoms with Gasteiger partial charge in [0.1, 0.15) is 11.9 Å². The summed E-state index contributed by atoms with van der Waals surface area (Å²) in [7, 11) is 1.60. The molecule has 0 spiro atoms. The highest BCUT2D eigenvalue weighted by atomic mass is 16.6. The average molecular weight is 282 g/mol. The molecule has 6 atom stereocenters.